The molecule has 0 aromatic heterocycles. The molecule has 0 fully saturated rings. The molecule has 1 atom stereocenters. The number of thiol groups is 1. The smallest absolute Gasteiger partial charge is 0.235 e. The average molecular weight is 219 g/mol. The van der Waals surface area contributed by atoms with Crippen LogP contribution in [0.4, 0.5) is 0 Å². The summed E-state index contributed by atoms with van der Waals surface area (Å²) in [6.45, 7) is 7.99. The zero-order chi connectivity index (χ0) is 11.1. The lowest BCUT2D eigenvalue weighted by atomic mass is 10.2. The summed E-state index contributed by atoms with van der Waals surface area (Å²) in [5, 5.41) is -0.231. The van der Waals surface area contributed by atoms with Crippen LogP contribution in [0.3, 0.4) is 0 Å². The summed E-state index contributed by atoms with van der Waals surface area (Å²) in [6, 6.07) is 0. The first-order valence-corrected chi connectivity index (χ1v) is 5.46. The first-order chi connectivity index (χ1) is 6.49. The van der Waals surface area contributed by atoms with E-state index in [1.165, 1.54) is 0 Å². The maximum absolute atomic E-state index is 11.7. The van der Waals surface area contributed by atoms with Gasteiger partial charge in [0, 0.05) is 20.2 Å². The molecule has 0 spiro atoms. The number of methoxy groups -OCH3 is 1. The first kappa shape index (κ1) is 13.8. The van der Waals surface area contributed by atoms with Crippen molar-refractivity contribution in [3.05, 3.63) is 0 Å². The Kier molecular flexibility index (Phi) is 7.01. The number of carbonyl (C=O) groups excluding carboxylic acids is 1. The maximum atomic E-state index is 11.7. The Balaban J connectivity index is 4.15. The molecule has 0 saturated carbocycles. The van der Waals surface area contributed by atoms with E-state index >= 15 is 0 Å². The fourth-order valence-electron chi connectivity index (χ4n) is 1.20. The Hall–Kier alpha value is -0.220. The van der Waals surface area contributed by atoms with E-state index in [1.807, 2.05) is 4.90 Å². The molecular weight excluding hydrogens is 198 g/mol. The molecular formula is C10H21NO2S. The van der Waals surface area contributed by atoms with Crippen molar-refractivity contribution in [3.8, 4) is 0 Å². The molecule has 4 heteroatoms. The molecule has 0 bridgehead atoms. The van der Waals surface area contributed by atoms with Gasteiger partial charge in [-0.3, -0.25) is 4.79 Å². The molecule has 0 radical (unpaired) electrons. The normalized spacial score (nSPS) is 13.0. The molecule has 1 unspecified atom stereocenters. The van der Waals surface area contributed by atoms with Crippen molar-refractivity contribution in [3.63, 3.8) is 0 Å². The third-order valence-corrected chi connectivity index (χ3v) is 2.04. The van der Waals surface area contributed by atoms with Gasteiger partial charge >= 0.3 is 0 Å². The van der Waals surface area contributed by atoms with Crippen LogP contribution in [0, 0.1) is 5.92 Å². The zero-order valence-electron chi connectivity index (χ0n) is 9.49. The second-order valence-electron chi connectivity index (χ2n) is 3.85. The Labute approximate surface area is 92.2 Å². The quantitative estimate of drug-likeness (QED) is 0.685. The standard InChI is InChI=1S/C10H21NO2S/c1-8(2)7-11(5-6-13-4)10(12)9(3)14/h8-9,14H,5-7H2,1-4H3. The average Bonchev–Trinajstić information content (AvgIpc) is 2.10. The third-order valence-electron chi connectivity index (χ3n) is 1.82. The topological polar surface area (TPSA) is 29.5 Å². The second-order valence-corrected chi connectivity index (χ2v) is 4.62. The summed E-state index contributed by atoms with van der Waals surface area (Å²) in [4.78, 5) is 13.5. The lowest BCUT2D eigenvalue weighted by molar-refractivity contribution is -0.131. The van der Waals surface area contributed by atoms with Gasteiger partial charge in [0.2, 0.25) is 5.91 Å². The fourth-order valence-corrected chi connectivity index (χ4v) is 1.36. The monoisotopic (exact) mass is 219 g/mol. The van der Waals surface area contributed by atoms with Crippen molar-refractivity contribution in [2.75, 3.05) is 26.8 Å². The number of hydrogen-bond acceptors (Lipinski definition) is 3. The predicted octanol–water partition coefficient (Wildman–Crippen LogP) is 1.44. The van der Waals surface area contributed by atoms with E-state index in [9.17, 15) is 4.79 Å². The highest BCUT2D eigenvalue weighted by Gasteiger charge is 2.17. The molecule has 0 aliphatic carbocycles. The van der Waals surface area contributed by atoms with Crippen molar-refractivity contribution in [2.24, 2.45) is 5.92 Å². The molecule has 0 saturated heterocycles. The van der Waals surface area contributed by atoms with Crippen LogP contribution >= 0.6 is 12.6 Å². The maximum Gasteiger partial charge on any atom is 0.235 e. The van der Waals surface area contributed by atoms with Crippen LogP contribution in [0.2, 0.25) is 0 Å². The Morgan fingerprint density at radius 2 is 2.00 bits per heavy atom. The van der Waals surface area contributed by atoms with Crippen LogP contribution in [0.5, 0.6) is 0 Å². The number of nitrogens with zero attached hydrogens (tertiary/aromatic N) is 1. The molecule has 0 aliphatic heterocycles. The van der Waals surface area contributed by atoms with Crippen molar-refractivity contribution in [1.82, 2.24) is 4.90 Å². The Morgan fingerprint density at radius 3 is 2.36 bits per heavy atom. The summed E-state index contributed by atoms with van der Waals surface area (Å²) in [7, 11) is 1.64. The molecule has 3 nitrogen and oxygen atoms in total. The molecule has 0 rings (SSSR count). The molecule has 0 aromatic rings. The van der Waals surface area contributed by atoms with Gasteiger partial charge in [0.1, 0.15) is 0 Å². The number of rotatable bonds is 6. The highest BCUT2D eigenvalue weighted by Crippen LogP contribution is 2.05. The van der Waals surface area contributed by atoms with Crippen LogP contribution < -0.4 is 0 Å². The van der Waals surface area contributed by atoms with E-state index in [1.54, 1.807) is 14.0 Å². The summed E-state index contributed by atoms with van der Waals surface area (Å²) >= 11 is 4.14. The molecule has 0 aromatic carbocycles. The van der Waals surface area contributed by atoms with E-state index in [4.69, 9.17) is 4.74 Å². The van der Waals surface area contributed by atoms with Crippen LogP contribution in [0.15, 0.2) is 0 Å². The summed E-state index contributed by atoms with van der Waals surface area (Å²) in [6.07, 6.45) is 0. The van der Waals surface area contributed by atoms with Gasteiger partial charge in [0.25, 0.3) is 0 Å². The second kappa shape index (κ2) is 7.12. The summed E-state index contributed by atoms with van der Waals surface area (Å²) < 4.78 is 4.96. The van der Waals surface area contributed by atoms with Crippen molar-refractivity contribution in [2.45, 2.75) is 26.0 Å². The number of carbonyl (C=O) groups is 1. The lowest BCUT2D eigenvalue weighted by Crippen LogP contribution is -2.40. The zero-order valence-corrected chi connectivity index (χ0v) is 10.4. The predicted molar refractivity (Wildman–Crippen MR) is 61.7 cm³/mol. The van der Waals surface area contributed by atoms with Gasteiger partial charge in [-0.1, -0.05) is 13.8 Å². The molecule has 1 amide bonds. The first-order valence-electron chi connectivity index (χ1n) is 4.94. The molecule has 0 N–H and O–H groups in total. The van der Waals surface area contributed by atoms with Crippen LogP contribution in [0.25, 0.3) is 0 Å². The molecule has 0 heterocycles. The van der Waals surface area contributed by atoms with E-state index < -0.39 is 0 Å². The van der Waals surface area contributed by atoms with Crippen molar-refractivity contribution < 1.29 is 9.53 Å². The van der Waals surface area contributed by atoms with E-state index in [0.29, 0.717) is 19.1 Å². The van der Waals surface area contributed by atoms with Gasteiger partial charge in [-0.15, -0.1) is 0 Å². The lowest BCUT2D eigenvalue weighted by Gasteiger charge is -2.25. The SMILES string of the molecule is COCCN(CC(C)C)C(=O)C(C)S. The van der Waals surface area contributed by atoms with Crippen molar-refractivity contribution >= 4 is 18.5 Å². The minimum Gasteiger partial charge on any atom is -0.383 e. The summed E-state index contributed by atoms with van der Waals surface area (Å²) in [5.41, 5.74) is 0. The van der Waals surface area contributed by atoms with Crippen LogP contribution in [-0.4, -0.2) is 42.9 Å². The summed E-state index contributed by atoms with van der Waals surface area (Å²) in [5.74, 6) is 0.557. The van der Waals surface area contributed by atoms with Gasteiger partial charge in [-0.25, -0.2) is 0 Å². The van der Waals surface area contributed by atoms with Crippen LogP contribution in [0.1, 0.15) is 20.8 Å². The number of amides is 1. The fraction of sp³-hybridized carbons (Fsp3) is 0.900. The number of ether oxygens (including phenoxy) is 1. The Bertz CT molecular complexity index is 172. The van der Waals surface area contributed by atoms with Gasteiger partial charge in [-0.05, 0) is 12.8 Å². The van der Waals surface area contributed by atoms with E-state index in [2.05, 4.69) is 26.5 Å². The van der Waals surface area contributed by atoms with Gasteiger partial charge in [-0.2, -0.15) is 12.6 Å². The van der Waals surface area contributed by atoms with Crippen molar-refractivity contribution in [1.29, 1.82) is 0 Å². The van der Waals surface area contributed by atoms with E-state index in [-0.39, 0.29) is 11.2 Å². The number of hydrogen-bond donors (Lipinski definition) is 1. The molecule has 14 heavy (non-hydrogen) atoms. The largest absolute Gasteiger partial charge is 0.383 e. The Morgan fingerprint density at radius 1 is 1.43 bits per heavy atom. The highest BCUT2D eigenvalue weighted by molar-refractivity contribution is 7.81. The van der Waals surface area contributed by atoms with E-state index in [0.717, 1.165) is 6.54 Å². The van der Waals surface area contributed by atoms with Crippen LogP contribution in [-0.2, 0) is 9.53 Å². The minimum absolute atomic E-state index is 0.0825. The van der Waals surface area contributed by atoms with Gasteiger partial charge in [0.05, 0.1) is 11.9 Å². The minimum atomic E-state index is -0.231. The molecule has 0 aliphatic rings. The molecule has 84 valence electrons. The van der Waals surface area contributed by atoms with Gasteiger partial charge in [0.15, 0.2) is 0 Å². The van der Waals surface area contributed by atoms with Gasteiger partial charge < -0.3 is 9.64 Å². The third kappa shape index (κ3) is 5.50. The highest BCUT2D eigenvalue weighted by atomic mass is 32.1.